The minimum Gasteiger partial charge on any atom is -0.317 e. The SMILES string of the molecule is CNC(CCc1ccc(C)cc1)Cc1cc(Cl)ccc1Cl. The zero-order chi connectivity index (χ0) is 15.2. The first-order chi connectivity index (χ1) is 10.1. The van der Waals surface area contributed by atoms with Crippen LogP contribution < -0.4 is 5.32 Å². The van der Waals surface area contributed by atoms with Crippen LogP contribution in [0.3, 0.4) is 0 Å². The predicted octanol–water partition coefficient (Wildman–Crippen LogP) is 5.07. The second kappa shape index (κ2) is 7.84. The van der Waals surface area contributed by atoms with Crippen molar-refractivity contribution in [2.45, 2.75) is 32.2 Å². The lowest BCUT2D eigenvalue weighted by Crippen LogP contribution is -2.28. The van der Waals surface area contributed by atoms with E-state index in [1.54, 1.807) is 0 Å². The summed E-state index contributed by atoms with van der Waals surface area (Å²) in [5.41, 5.74) is 3.78. The molecule has 0 aliphatic rings. The van der Waals surface area contributed by atoms with Crippen molar-refractivity contribution in [1.82, 2.24) is 5.32 Å². The fourth-order valence-electron chi connectivity index (χ4n) is 2.41. The summed E-state index contributed by atoms with van der Waals surface area (Å²) in [7, 11) is 2.00. The van der Waals surface area contributed by atoms with E-state index >= 15 is 0 Å². The summed E-state index contributed by atoms with van der Waals surface area (Å²) < 4.78 is 0. The smallest absolute Gasteiger partial charge is 0.0439 e. The molecule has 0 amide bonds. The highest BCUT2D eigenvalue weighted by Crippen LogP contribution is 2.22. The van der Waals surface area contributed by atoms with E-state index in [0.717, 1.165) is 34.9 Å². The maximum absolute atomic E-state index is 6.25. The molecule has 0 fully saturated rings. The van der Waals surface area contributed by atoms with Crippen LogP contribution in [0.2, 0.25) is 10.0 Å². The van der Waals surface area contributed by atoms with Crippen LogP contribution >= 0.6 is 23.2 Å². The van der Waals surface area contributed by atoms with Gasteiger partial charge in [-0.1, -0.05) is 53.0 Å². The van der Waals surface area contributed by atoms with Crippen LogP contribution in [-0.4, -0.2) is 13.1 Å². The number of hydrogen-bond donors (Lipinski definition) is 1. The van der Waals surface area contributed by atoms with E-state index in [0.29, 0.717) is 6.04 Å². The van der Waals surface area contributed by atoms with E-state index < -0.39 is 0 Å². The van der Waals surface area contributed by atoms with Gasteiger partial charge in [0.25, 0.3) is 0 Å². The summed E-state index contributed by atoms with van der Waals surface area (Å²) in [4.78, 5) is 0. The third-order valence-corrected chi connectivity index (χ3v) is 4.39. The molecule has 0 radical (unpaired) electrons. The van der Waals surface area contributed by atoms with Gasteiger partial charge in [0, 0.05) is 16.1 Å². The van der Waals surface area contributed by atoms with Crippen LogP contribution in [0.15, 0.2) is 42.5 Å². The second-order valence-electron chi connectivity index (χ2n) is 5.45. The lowest BCUT2D eigenvalue weighted by atomic mass is 9.98. The van der Waals surface area contributed by atoms with Gasteiger partial charge in [0.2, 0.25) is 0 Å². The third kappa shape index (κ3) is 5.03. The zero-order valence-corrected chi connectivity index (χ0v) is 14.0. The van der Waals surface area contributed by atoms with Crippen LogP contribution in [0.5, 0.6) is 0 Å². The van der Waals surface area contributed by atoms with Gasteiger partial charge in [-0.3, -0.25) is 0 Å². The second-order valence-corrected chi connectivity index (χ2v) is 6.29. The number of halogens is 2. The highest BCUT2D eigenvalue weighted by Gasteiger charge is 2.10. The normalized spacial score (nSPS) is 12.4. The van der Waals surface area contributed by atoms with Crippen molar-refractivity contribution in [1.29, 1.82) is 0 Å². The fourth-order valence-corrected chi connectivity index (χ4v) is 2.80. The number of hydrogen-bond acceptors (Lipinski definition) is 1. The molecule has 0 aliphatic heterocycles. The Morgan fingerprint density at radius 2 is 1.76 bits per heavy atom. The maximum atomic E-state index is 6.25. The lowest BCUT2D eigenvalue weighted by molar-refractivity contribution is 0.520. The summed E-state index contributed by atoms with van der Waals surface area (Å²) >= 11 is 12.3. The van der Waals surface area contributed by atoms with Gasteiger partial charge in [-0.25, -0.2) is 0 Å². The Balaban J connectivity index is 1.96. The molecule has 1 N–H and O–H groups in total. The van der Waals surface area contributed by atoms with E-state index in [2.05, 4.69) is 36.5 Å². The molecule has 0 saturated heterocycles. The predicted molar refractivity (Wildman–Crippen MR) is 92.5 cm³/mol. The summed E-state index contributed by atoms with van der Waals surface area (Å²) in [6.45, 7) is 2.11. The first-order valence-electron chi connectivity index (χ1n) is 7.25. The maximum Gasteiger partial charge on any atom is 0.0439 e. The number of aryl methyl sites for hydroxylation is 2. The molecule has 0 aromatic heterocycles. The van der Waals surface area contributed by atoms with Crippen molar-refractivity contribution < 1.29 is 0 Å². The molecule has 3 heteroatoms. The molecular weight excluding hydrogens is 301 g/mol. The minimum atomic E-state index is 0.391. The minimum absolute atomic E-state index is 0.391. The average Bonchev–Trinajstić information content (AvgIpc) is 2.48. The molecule has 1 unspecified atom stereocenters. The van der Waals surface area contributed by atoms with E-state index in [1.807, 2.05) is 25.2 Å². The number of nitrogens with one attached hydrogen (secondary N) is 1. The van der Waals surface area contributed by atoms with Crippen molar-refractivity contribution in [3.63, 3.8) is 0 Å². The van der Waals surface area contributed by atoms with Crippen LogP contribution in [0, 0.1) is 6.92 Å². The molecule has 0 bridgehead atoms. The molecule has 1 atom stereocenters. The van der Waals surface area contributed by atoms with Crippen molar-refractivity contribution in [3.8, 4) is 0 Å². The molecular formula is C18H21Cl2N. The molecule has 0 heterocycles. The Labute approximate surface area is 137 Å². The van der Waals surface area contributed by atoms with Gasteiger partial charge < -0.3 is 5.32 Å². The van der Waals surface area contributed by atoms with Gasteiger partial charge in [-0.15, -0.1) is 0 Å². The Bertz CT molecular complexity index is 578. The molecule has 0 aliphatic carbocycles. The van der Waals surface area contributed by atoms with Gasteiger partial charge in [-0.2, -0.15) is 0 Å². The number of rotatable bonds is 6. The van der Waals surface area contributed by atoms with Crippen LogP contribution in [0.1, 0.15) is 23.1 Å². The van der Waals surface area contributed by atoms with Gasteiger partial charge in [0.05, 0.1) is 0 Å². The van der Waals surface area contributed by atoms with Crippen LogP contribution in [-0.2, 0) is 12.8 Å². The van der Waals surface area contributed by atoms with Crippen molar-refractivity contribution >= 4 is 23.2 Å². The highest BCUT2D eigenvalue weighted by atomic mass is 35.5. The van der Waals surface area contributed by atoms with E-state index in [-0.39, 0.29) is 0 Å². The van der Waals surface area contributed by atoms with Crippen LogP contribution in [0.4, 0.5) is 0 Å². The first kappa shape index (κ1) is 16.4. The quantitative estimate of drug-likeness (QED) is 0.783. The first-order valence-corrected chi connectivity index (χ1v) is 8.01. The van der Waals surface area contributed by atoms with Gasteiger partial charge in [0.1, 0.15) is 0 Å². The van der Waals surface area contributed by atoms with Gasteiger partial charge in [0.15, 0.2) is 0 Å². The number of likely N-dealkylation sites (N-methyl/N-ethyl adjacent to an activating group) is 1. The molecule has 112 valence electrons. The highest BCUT2D eigenvalue weighted by molar-refractivity contribution is 6.33. The average molecular weight is 322 g/mol. The summed E-state index contributed by atoms with van der Waals surface area (Å²) in [5.74, 6) is 0. The Kier molecular flexibility index (Phi) is 6.10. The summed E-state index contributed by atoms with van der Waals surface area (Å²) in [6.07, 6.45) is 3.02. The van der Waals surface area contributed by atoms with Crippen molar-refractivity contribution in [2.75, 3.05) is 7.05 Å². The molecule has 0 spiro atoms. The van der Waals surface area contributed by atoms with Gasteiger partial charge >= 0.3 is 0 Å². The van der Waals surface area contributed by atoms with E-state index in [9.17, 15) is 0 Å². The standard InChI is InChI=1S/C18H21Cl2N/c1-13-3-5-14(6-4-13)7-9-17(21-2)12-15-11-16(19)8-10-18(15)20/h3-6,8,10-11,17,21H,7,9,12H2,1-2H3. The monoisotopic (exact) mass is 321 g/mol. The zero-order valence-electron chi connectivity index (χ0n) is 12.5. The van der Waals surface area contributed by atoms with E-state index in [4.69, 9.17) is 23.2 Å². The Hall–Kier alpha value is -1.02. The van der Waals surface area contributed by atoms with E-state index in [1.165, 1.54) is 11.1 Å². The topological polar surface area (TPSA) is 12.0 Å². The Morgan fingerprint density at radius 1 is 1.05 bits per heavy atom. The summed E-state index contributed by atoms with van der Waals surface area (Å²) in [6, 6.07) is 14.8. The van der Waals surface area contributed by atoms with Crippen molar-refractivity contribution in [3.05, 3.63) is 69.2 Å². The Morgan fingerprint density at radius 3 is 2.43 bits per heavy atom. The van der Waals surface area contributed by atoms with Crippen molar-refractivity contribution in [2.24, 2.45) is 0 Å². The largest absolute Gasteiger partial charge is 0.317 e. The third-order valence-electron chi connectivity index (χ3n) is 3.78. The summed E-state index contributed by atoms with van der Waals surface area (Å²) in [5, 5.41) is 4.90. The molecule has 2 aromatic rings. The lowest BCUT2D eigenvalue weighted by Gasteiger charge is -2.17. The molecule has 1 nitrogen and oxygen atoms in total. The van der Waals surface area contributed by atoms with Crippen LogP contribution in [0.25, 0.3) is 0 Å². The molecule has 0 saturated carbocycles. The number of benzene rings is 2. The molecule has 2 rings (SSSR count). The van der Waals surface area contributed by atoms with Gasteiger partial charge in [-0.05, 0) is 62.6 Å². The molecule has 21 heavy (non-hydrogen) atoms. The fraction of sp³-hybridized carbons (Fsp3) is 0.333. The molecule has 2 aromatic carbocycles.